The quantitative estimate of drug-likeness (QED) is 0.913. The number of nitrogens with zero attached hydrogens (tertiary/aromatic N) is 3. The Morgan fingerprint density at radius 2 is 2.00 bits per heavy atom. The molecule has 1 aliphatic rings. The van der Waals surface area contributed by atoms with Crippen LogP contribution in [0.5, 0.6) is 0 Å². The smallest absolute Gasteiger partial charge is 0.317 e. The molecule has 0 unspecified atom stereocenters. The minimum Gasteiger partial charge on any atom is -0.328 e. The van der Waals surface area contributed by atoms with E-state index in [1.54, 1.807) is 12.1 Å². The predicted molar refractivity (Wildman–Crippen MR) is 84.6 cm³/mol. The van der Waals surface area contributed by atoms with Gasteiger partial charge in [0.1, 0.15) is 5.82 Å². The molecule has 116 valence electrons. The summed E-state index contributed by atoms with van der Waals surface area (Å²) >= 11 is 5.87. The molecule has 1 aliphatic heterocycles. The number of amides is 2. The van der Waals surface area contributed by atoms with Crippen LogP contribution in [0.4, 0.5) is 4.79 Å². The van der Waals surface area contributed by atoms with Gasteiger partial charge >= 0.3 is 6.03 Å². The van der Waals surface area contributed by atoms with Gasteiger partial charge in [-0.3, -0.25) is 5.10 Å². The van der Waals surface area contributed by atoms with E-state index < -0.39 is 0 Å². The Kier molecular flexibility index (Phi) is 4.29. The van der Waals surface area contributed by atoms with Gasteiger partial charge in [-0.05, 0) is 44.0 Å². The summed E-state index contributed by atoms with van der Waals surface area (Å²) in [6, 6.07) is 7.05. The molecule has 1 saturated heterocycles. The van der Waals surface area contributed by atoms with Crippen LogP contribution >= 0.6 is 11.6 Å². The molecule has 2 N–H and O–H groups in total. The number of carbonyl (C=O) groups is 1. The fraction of sp³-hybridized carbons (Fsp3) is 0.400. The van der Waals surface area contributed by atoms with Crippen LogP contribution in [0.25, 0.3) is 11.4 Å². The zero-order chi connectivity index (χ0) is 15.5. The standard InChI is InChI=1S/C15H18ClN5O/c1-10(17-15(22)21-8-2-3-9-21)13-18-14(20-19-13)11-4-6-12(16)7-5-11/h4-7,10H,2-3,8-9H2,1H3,(H,17,22)(H,18,19,20)/t10-/m1/s1. The number of carbonyl (C=O) groups excluding carboxylic acids is 1. The molecule has 0 radical (unpaired) electrons. The highest BCUT2D eigenvalue weighted by atomic mass is 35.5. The van der Waals surface area contributed by atoms with Crippen molar-refractivity contribution < 1.29 is 4.79 Å². The number of urea groups is 1. The second kappa shape index (κ2) is 6.36. The summed E-state index contributed by atoms with van der Waals surface area (Å²) in [6.07, 6.45) is 2.15. The number of nitrogens with one attached hydrogen (secondary N) is 2. The van der Waals surface area contributed by atoms with E-state index in [-0.39, 0.29) is 12.1 Å². The summed E-state index contributed by atoms with van der Waals surface area (Å²) in [6.45, 7) is 3.54. The van der Waals surface area contributed by atoms with Gasteiger partial charge in [-0.15, -0.1) is 0 Å². The maximum absolute atomic E-state index is 12.1. The second-order valence-electron chi connectivity index (χ2n) is 5.42. The molecule has 22 heavy (non-hydrogen) atoms. The Balaban J connectivity index is 1.67. The summed E-state index contributed by atoms with van der Waals surface area (Å²) in [5.41, 5.74) is 0.880. The Morgan fingerprint density at radius 3 is 2.68 bits per heavy atom. The van der Waals surface area contributed by atoms with Crippen molar-refractivity contribution in [3.8, 4) is 11.4 Å². The largest absolute Gasteiger partial charge is 0.328 e. The van der Waals surface area contributed by atoms with Crippen LogP contribution in [0.1, 0.15) is 31.6 Å². The van der Waals surface area contributed by atoms with Crippen LogP contribution < -0.4 is 5.32 Å². The molecule has 2 amide bonds. The fourth-order valence-electron chi connectivity index (χ4n) is 2.46. The van der Waals surface area contributed by atoms with Gasteiger partial charge in [-0.2, -0.15) is 5.10 Å². The molecular formula is C15H18ClN5O. The highest BCUT2D eigenvalue weighted by Gasteiger charge is 2.21. The van der Waals surface area contributed by atoms with Gasteiger partial charge in [-0.25, -0.2) is 9.78 Å². The monoisotopic (exact) mass is 319 g/mol. The first kappa shape index (κ1) is 14.8. The van der Waals surface area contributed by atoms with Crippen LogP contribution in [-0.4, -0.2) is 39.2 Å². The number of hydrogen-bond acceptors (Lipinski definition) is 3. The van der Waals surface area contributed by atoms with E-state index in [0.717, 1.165) is 31.5 Å². The number of rotatable bonds is 3. The van der Waals surface area contributed by atoms with Crippen LogP contribution in [0.15, 0.2) is 24.3 Å². The Bertz CT molecular complexity index is 648. The van der Waals surface area contributed by atoms with E-state index in [2.05, 4.69) is 20.5 Å². The lowest BCUT2D eigenvalue weighted by Gasteiger charge is -2.19. The van der Waals surface area contributed by atoms with Crippen molar-refractivity contribution in [2.75, 3.05) is 13.1 Å². The molecule has 1 atom stereocenters. The van der Waals surface area contributed by atoms with E-state index in [0.29, 0.717) is 16.7 Å². The molecule has 7 heteroatoms. The van der Waals surface area contributed by atoms with Gasteiger partial charge in [0.25, 0.3) is 0 Å². The van der Waals surface area contributed by atoms with Crippen LogP contribution in [0.2, 0.25) is 5.02 Å². The average Bonchev–Trinajstić information content (AvgIpc) is 3.20. The summed E-state index contributed by atoms with van der Waals surface area (Å²) in [5, 5.41) is 10.7. The molecule has 0 spiro atoms. The van der Waals surface area contributed by atoms with Crippen molar-refractivity contribution in [3.63, 3.8) is 0 Å². The van der Waals surface area contributed by atoms with Crippen molar-refractivity contribution in [1.29, 1.82) is 0 Å². The first-order chi connectivity index (χ1) is 10.6. The van der Waals surface area contributed by atoms with Crippen LogP contribution in [0.3, 0.4) is 0 Å². The molecule has 6 nitrogen and oxygen atoms in total. The molecule has 1 aromatic carbocycles. The summed E-state index contributed by atoms with van der Waals surface area (Å²) in [7, 11) is 0. The summed E-state index contributed by atoms with van der Waals surface area (Å²) < 4.78 is 0. The van der Waals surface area contributed by atoms with E-state index in [4.69, 9.17) is 11.6 Å². The average molecular weight is 320 g/mol. The number of aromatic nitrogens is 3. The molecule has 0 saturated carbocycles. The van der Waals surface area contributed by atoms with E-state index >= 15 is 0 Å². The minimum atomic E-state index is -0.221. The zero-order valence-corrected chi connectivity index (χ0v) is 13.1. The Labute approximate surface area is 133 Å². The van der Waals surface area contributed by atoms with Crippen molar-refractivity contribution in [3.05, 3.63) is 35.1 Å². The maximum atomic E-state index is 12.1. The van der Waals surface area contributed by atoms with Gasteiger partial charge < -0.3 is 10.2 Å². The zero-order valence-electron chi connectivity index (χ0n) is 12.3. The summed E-state index contributed by atoms with van der Waals surface area (Å²) in [4.78, 5) is 18.4. The van der Waals surface area contributed by atoms with Gasteiger partial charge in [0.05, 0.1) is 6.04 Å². The van der Waals surface area contributed by atoms with E-state index in [1.807, 2.05) is 24.0 Å². The lowest BCUT2D eigenvalue weighted by Crippen LogP contribution is -2.39. The van der Waals surface area contributed by atoms with E-state index in [9.17, 15) is 4.79 Å². The molecule has 2 heterocycles. The molecule has 2 aromatic rings. The van der Waals surface area contributed by atoms with Crippen molar-refractivity contribution in [2.45, 2.75) is 25.8 Å². The molecule has 0 bridgehead atoms. The maximum Gasteiger partial charge on any atom is 0.317 e. The van der Waals surface area contributed by atoms with Gasteiger partial charge in [0.2, 0.25) is 0 Å². The van der Waals surface area contributed by atoms with Crippen LogP contribution in [-0.2, 0) is 0 Å². The predicted octanol–water partition coefficient (Wildman–Crippen LogP) is 2.99. The first-order valence-electron chi connectivity index (χ1n) is 7.37. The first-order valence-corrected chi connectivity index (χ1v) is 7.75. The van der Waals surface area contributed by atoms with Crippen molar-refractivity contribution in [1.82, 2.24) is 25.4 Å². The molecule has 1 fully saturated rings. The SMILES string of the molecule is C[C@@H](NC(=O)N1CCCC1)c1nc(-c2ccc(Cl)cc2)n[nH]1. The topological polar surface area (TPSA) is 73.9 Å². The minimum absolute atomic E-state index is 0.0468. The lowest BCUT2D eigenvalue weighted by atomic mass is 10.2. The van der Waals surface area contributed by atoms with Gasteiger partial charge in [0, 0.05) is 23.7 Å². The third-order valence-corrected chi connectivity index (χ3v) is 4.00. The third kappa shape index (κ3) is 3.22. The third-order valence-electron chi connectivity index (χ3n) is 3.75. The molecule has 1 aromatic heterocycles. The second-order valence-corrected chi connectivity index (χ2v) is 5.85. The Morgan fingerprint density at radius 1 is 1.32 bits per heavy atom. The highest BCUT2D eigenvalue weighted by molar-refractivity contribution is 6.30. The number of likely N-dealkylation sites (tertiary alicyclic amines) is 1. The van der Waals surface area contributed by atoms with E-state index in [1.165, 1.54) is 0 Å². The molecular weight excluding hydrogens is 302 g/mol. The number of H-pyrrole nitrogens is 1. The van der Waals surface area contributed by atoms with Crippen molar-refractivity contribution in [2.24, 2.45) is 0 Å². The normalized spacial score (nSPS) is 15.8. The number of aromatic amines is 1. The van der Waals surface area contributed by atoms with Crippen LogP contribution in [0, 0.1) is 0 Å². The number of hydrogen-bond donors (Lipinski definition) is 2. The van der Waals surface area contributed by atoms with Gasteiger partial charge in [-0.1, -0.05) is 11.6 Å². The lowest BCUT2D eigenvalue weighted by molar-refractivity contribution is 0.205. The molecule has 3 rings (SSSR count). The fourth-order valence-corrected chi connectivity index (χ4v) is 2.59. The van der Waals surface area contributed by atoms with Crippen molar-refractivity contribution >= 4 is 17.6 Å². The van der Waals surface area contributed by atoms with Gasteiger partial charge in [0.15, 0.2) is 5.82 Å². The highest BCUT2D eigenvalue weighted by Crippen LogP contribution is 2.19. The molecule has 0 aliphatic carbocycles. The number of benzene rings is 1. The Hall–Kier alpha value is -2.08. The summed E-state index contributed by atoms with van der Waals surface area (Å²) in [5.74, 6) is 1.23. The number of halogens is 1.